The van der Waals surface area contributed by atoms with E-state index in [1.54, 1.807) is 7.05 Å². The van der Waals surface area contributed by atoms with Gasteiger partial charge in [-0.3, -0.25) is 5.10 Å². The number of sulfonamides is 1. The summed E-state index contributed by atoms with van der Waals surface area (Å²) >= 11 is 0. The Morgan fingerprint density at radius 3 is 2.80 bits per heavy atom. The zero-order valence-electron chi connectivity index (χ0n) is 10.7. The van der Waals surface area contributed by atoms with Crippen LogP contribution in [0.3, 0.4) is 0 Å². The molecule has 0 aliphatic rings. The van der Waals surface area contributed by atoms with Crippen LogP contribution < -0.4 is 10.0 Å². The lowest BCUT2D eigenvalue weighted by Crippen LogP contribution is -2.25. The third-order valence-electron chi connectivity index (χ3n) is 2.58. The number of aromatic amines is 1. The lowest BCUT2D eigenvalue weighted by atomic mass is 10.2. The molecule has 0 spiro atoms. The minimum Gasteiger partial charge on any atom is -0.316 e. The van der Waals surface area contributed by atoms with E-state index in [2.05, 4.69) is 25.2 Å². The van der Waals surface area contributed by atoms with Crippen LogP contribution >= 0.6 is 0 Å². The highest BCUT2D eigenvalue weighted by atomic mass is 32.2. The third-order valence-corrected chi connectivity index (χ3v) is 4.06. The van der Waals surface area contributed by atoms with Gasteiger partial charge in [0, 0.05) is 6.54 Å². The monoisotopic (exact) mass is 299 g/mol. The van der Waals surface area contributed by atoms with Crippen LogP contribution in [0, 0.1) is 5.82 Å². The van der Waals surface area contributed by atoms with Crippen molar-refractivity contribution < 1.29 is 12.8 Å². The van der Waals surface area contributed by atoms with Crippen LogP contribution in [-0.4, -0.2) is 30.6 Å². The first-order valence-electron chi connectivity index (χ1n) is 5.80. The molecule has 0 unspecified atom stereocenters. The molecule has 0 bridgehead atoms. The predicted octanol–water partition coefficient (Wildman–Crippen LogP) is 0.142. The molecule has 20 heavy (non-hydrogen) atoms. The van der Waals surface area contributed by atoms with Gasteiger partial charge >= 0.3 is 0 Å². The van der Waals surface area contributed by atoms with Crippen molar-refractivity contribution in [1.29, 1.82) is 0 Å². The summed E-state index contributed by atoms with van der Waals surface area (Å²) in [4.78, 5) is 3.72. The summed E-state index contributed by atoms with van der Waals surface area (Å²) in [6.45, 7) is 0.274. The van der Waals surface area contributed by atoms with E-state index in [0.717, 1.165) is 6.07 Å². The second kappa shape index (κ2) is 6.07. The first-order valence-corrected chi connectivity index (χ1v) is 7.28. The fourth-order valence-electron chi connectivity index (χ4n) is 1.67. The average molecular weight is 299 g/mol. The summed E-state index contributed by atoms with van der Waals surface area (Å²) in [5, 5.41) is 9.00. The molecule has 108 valence electrons. The molecular formula is C11H14FN5O2S. The molecular weight excluding hydrogens is 285 g/mol. The molecule has 0 fully saturated rings. The van der Waals surface area contributed by atoms with E-state index in [4.69, 9.17) is 0 Å². The second-order valence-electron chi connectivity index (χ2n) is 4.04. The highest BCUT2D eigenvalue weighted by molar-refractivity contribution is 7.89. The van der Waals surface area contributed by atoms with Crippen LogP contribution in [0.5, 0.6) is 0 Å². The summed E-state index contributed by atoms with van der Waals surface area (Å²) in [5.74, 6) is -0.231. The normalized spacial score (nSPS) is 11.7. The fraction of sp³-hybridized carbons (Fsp3) is 0.273. The highest BCUT2D eigenvalue weighted by Gasteiger charge is 2.19. The van der Waals surface area contributed by atoms with Crippen molar-refractivity contribution in [2.75, 3.05) is 7.05 Å². The fourth-order valence-corrected chi connectivity index (χ4v) is 2.91. The van der Waals surface area contributed by atoms with Crippen LogP contribution in [0.15, 0.2) is 29.4 Å². The number of rotatable bonds is 6. The highest BCUT2D eigenvalue weighted by Crippen LogP contribution is 2.17. The zero-order valence-corrected chi connectivity index (χ0v) is 11.5. The van der Waals surface area contributed by atoms with Gasteiger partial charge in [0.2, 0.25) is 10.0 Å². The number of hydrogen-bond donors (Lipinski definition) is 3. The Bertz CT molecular complexity index is 672. The quantitative estimate of drug-likeness (QED) is 0.704. The predicted molar refractivity (Wildman–Crippen MR) is 69.6 cm³/mol. The Morgan fingerprint density at radius 1 is 1.35 bits per heavy atom. The molecule has 0 saturated heterocycles. The molecule has 2 aromatic rings. The molecule has 7 nitrogen and oxygen atoms in total. The van der Waals surface area contributed by atoms with Gasteiger partial charge in [-0.1, -0.05) is 6.07 Å². The smallest absolute Gasteiger partial charge is 0.241 e. The largest absolute Gasteiger partial charge is 0.316 e. The SMILES string of the molecule is CNCc1ccc(F)cc1S(=O)(=O)NCc1ncn[nH]1. The van der Waals surface area contributed by atoms with E-state index in [9.17, 15) is 12.8 Å². The Labute approximate surface area is 115 Å². The van der Waals surface area contributed by atoms with Crippen molar-refractivity contribution in [2.24, 2.45) is 0 Å². The summed E-state index contributed by atoms with van der Waals surface area (Å²) in [6, 6.07) is 3.66. The maximum atomic E-state index is 13.3. The van der Waals surface area contributed by atoms with Gasteiger partial charge < -0.3 is 5.32 Å². The molecule has 0 aliphatic carbocycles. The van der Waals surface area contributed by atoms with Crippen LogP contribution in [0.1, 0.15) is 11.4 Å². The third kappa shape index (κ3) is 3.38. The maximum Gasteiger partial charge on any atom is 0.241 e. The van der Waals surface area contributed by atoms with Crippen molar-refractivity contribution in [1.82, 2.24) is 25.2 Å². The minimum atomic E-state index is -3.83. The van der Waals surface area contributed by atoms with Crippen molar-refractivity contribution >= 4 is 10.0 Å². The van der Waals surface area contributed by atoms with Crippen molar-refractivity contribution in [3.63, 3.8) is 0 Å². The average Bonchev–Trinajstić information content (AvgIpc) is 2.92. The topological polar surface area (TPSA) is 99.8 Å². The van der Waals surface area contributed by atoms with Crippen LogP contribution in [-0.2, 0) is 23.1 Å². The summed E-state index contributed by atoms with van der Waals surface area (Å²) in [6.07, 6.45) is 1.28. The number of nitrogens with zero attached hydrogens (tertiary/aromatic N) is 2. The molecule has 1 heterocycles. The first kappa shape index (κ1) is 14.6. The molecule has 0 atom stereocenters. The molecule has 2 rings (SSSR count). The number of halogens is 1. The van der Waals surface area contributed by atoms with Gasteiger partial charge in [-0.05, 0) is 24.7 Å². The standard InChI is InChI=1S/C11H14FN5O2S/c1-13-5-8-2-3-9(12)4-10(8)20(18,19)16-6-11-14-7-15-17-11/h2-4,7,13,16H,5-6H2,1H3,(H,14,15,17). The van der Waals surface area contributed by atoms with Gasteiger partial charge in [0.15, 0.2) is 0 Å². The summed E-state index contributed by atoms with van der Waals surface area (Å²) in [5.41, 5.74) is 0.485. The molecule has 1 aromatic carbocycles. The van der Waals surface area contributed by atoms with Crippen LogP contribution in [0.2, 0.25) is 0 Å². The van der Waals surface area contributed by atoms with Gasteiger partial charge in [-0.25, -0.2) is 22.5 Å². The van der Waals surface area contributed by atoms with Gasteiger partial charge in [-0.2, -0.15) is 5.10 Å². The molecule has 3 N–H and O–H groups in total. The van der Waals surface area contributed by atoms with Crippen molar-refractivity contribution in [3.8, 4) is 0 Å². The molecule has 0 amide bonds. The molecule has 0 saturated carbocycles. The van der Waals surface area contributed by atoms with Gasteiger partial charge in [0.25, 0.3) is 0 Å². The van der Waals surface area contributed by atoms with Crippen molar-refractivity contribution in [2.45, 2.75) is 18.0 Å². The Morgan fingerprint density at radius 2 is 2.15 bits per heavy atom. The van der Waals surface area contributed by atoms with E-state index in [0.29, 0.717) is 17.9 Å². The van der Waals surface area contributed by atoms with Crippen LogP contribution in [0.25, 0.3) is 0 Å². The lowest BCUT2D eigenvalue weighted by molar-refractivity contribution is 0.573. The van der Waals surface area contributed by atoms with E-state index < -0.39 is 15.8 Å². The summed E-state index contributed by atoms with van der Waals surface area (Å²) < 4.78 is 40.1. The minimum absolute atomic E-state index is 0.0438. The van der Waals surface area contributed by atoms with E-state index in [1.165, 1.54) is 18.5 Å². The maximum absolute atomic E-state index is 13.3. The van der Waals surface area contributed by atoms with Gasteiger partial charge in [0.05, 0.1) is 11.4 Å². The number of nitrogens with one attached hydrogen (secondary N) is 3. The first-order chi connectivity index (χ1) is 9.53. The number of aromatic nitrogens is 3. The Hall–Kier alpha value is -1.84. The summed E-state index contributed by atoms with van der Waals surface area (Å²) in [7, 11) is -2.15. The number of H-pyrrole nitrogens is 1. The second-order valence-corrected chi connectivity index (χ2v) is 5.77. The molecule has 9 heteroatoms. The van der Waals surface area contributed by atoms with E-state index in [1.807, 2.05) is 0 Å². The Balaban J connectivity index is 2.26. The van der Waals surface area contributed by atoms with E-state index >= 15 is 0 Å². The number of hydrogen-bond acceptors (Lipinski definition) is 5. The zero-order chi connectivity index (χ0) is 14.6. The van der Waals surface area contributed by atoms with Crippen LogP contribution in [0.4, 0.5) is 4.39 Å². The lowest BCUT2D eigenvalue weighted by Gasteiger charge is -2.11. The number of benzene rings is 1. The Kier molecular flexibility index (Phi) is 4.42. The van der Waals surface area contributed by atoms with Crippen molar-refractivity contribution in [3.05, 3.63) is 41.7 Å². The van der Waals surface area contributed by atoms with Gasteiger partial charge in [0.1, 0.15) is 18.0 Å². The molecule has 0 radical (unpaired) electrons. The molecule has 0 aliphatic heterocycles. The molecule has 1 aromatic heterocycles. The van der Waals surface area contributed by atoms with E-state index in [-0.39, 0.29) is 11.4 Å². The van der Waals surface area contributed by atoms with Gasteiger partial charge in [-0.15, -0.1) is 0 Å².